The van der Waals surface area contributed by atoms with Gasteiger partial charge in [-0.05, 0) is 23.8 Å². The van der Waals surface area contributed by atoms with E-state index in [9.17, 15) is 13.2 Å². The third kappa shape index (κ3) is 2.67. The van der Waals surface area contributed by atoms with Gasteiger partial charge in [0, 0.05) is 12.6 Å². The minimum absolute atomic E-state index is 0.0756. The third-order valence-electron chi connectivity index (χ3n) is 3.61. The van der Waals surface area contributed by atoms with E-state index >= 15 is 0 Å². The summed E-state index contributed by atoms with van der Waals surface area (Å²) in [7, 11) is -3.69. The Bertz CT molecular complexity index is 798. The number of rotatable bonds is 3. The molecule has 2 aromatic rings. The van der Waals surface area contributed by atoms with Gasteiger partial charge in [0.15, 0.2) is 5.78 Å². The van der Waals surface area contributed by atoms with E-state index in [0.717, 1.165) is 5.56 Å². The van der Waals surface area contributed by atoms with Crippen LogP contribution in [0.3, 0.4) is 0 Å². The number of sulfonamides is 1. The number of hydrogen-bond acceptors (Lipinski definition) is 3. The van der Waals surface area contributed by atoms with Crippen LogP contribution in [0.5, 0.6) is 0 Å². The summed E-state index contributed by atoms with van der Waals surface area (Å²) in [5.41, 5.74) is 0.805. The predicted molar refractivity (Wildman–Crippen MR) is 83.4 cm³/mol. The van der Waals surface area contributed by atoms with Gasteiger partial charge in [0.1, 0.15) is 0 Å². The smallest absolute Gasteiger partial charge is 0.264 e. The normalized spacial score (nSPS) is 18.5. The van der Waals surface area contributed by atoms with Gasteiger partial charge >= 0.3 is 0 Å². The molecule has 112 valence electrons. The maximum atomic E-state index is 12.8. The molecule has 3 rings (SSSR count). The van der Waals surface area contributed by atoms with E-state index in [-0.39, 0.29) is 17.1 Å². The molecule has 0 N–H and O–H groups in total. The molecule has 1 aliphatic rings. The molecule has 0 aliphatic carbocycles. The van der Waals surface area contributed by atoms with E-state index in [2.05, 4.69) is 0 Å². The quantitative estimate of drug-likeness (QED) is 0.875. The van der Waals surface area contributed by atoms with Crippen LogP contribution >= 0.6 is 0 Å². The van der Waals surface area contributed by atoms with Crippen LogP contribution in [0.1, 0.15) is 18.0 Å². The fourth-order valence-electron chi connectivity index (χ4n) is 2.51. The number of benzene rings is 2. The molecular weight excluding hydrogens is 298 g/mol. The lowest BCUT2D eigenvalue weighted by molar-refractivity contribution is -0.115. The topological polar surface area (TPSA) is 54.5 Å². The molecule has 0 bridgehead atoms. The van der Waals surface area contributed by atoms with E-state index in [1.54, 1.807) is 30.3 Å². The highest BCUT2D eigenvalue weighted by atomic mass is 32.2. The highest BCUT2D eigenvalue weighted by Gasteiger charge is 2.33. The number of ketones is 1. The van der Waals surface area contributed by atoms with Gasteiger partial charge in [-0.2, -0.15) is 0 Å². The summed E-state index contributed by atoms with van der Waals surface area (Å²) in [6.45, 7) is 0. The van der Waals surface area contributed by atoms with Crippen molar-refractivity contribution in [2.24, 2.45) is 0 Å². The average molecular weight is 313 g/mol. The molecule has 0 spiro atoms. The average Bonchev–Trinajstić information content (AvgIpc) is 2.56. The van der Waals surface area contributed by atoms with Gasteiger partial charge in [-0.15, -0.1) is 0 Å². The zero-order valence-electron chi connectivity index (χ0n) is 11.8. The van der Waals surface area contributed by atoms with Crippen molar-refractivity contribution in [3.8, 4) is 0 Å². The summed E-state index contributed by atoms with van der Waals surface area (Å²) >= 11 is 0. The molecule has 1 aliphatic heterocycles. The zero-order chi connectivity index (χ0) is 15.6. The number of carbonyl (C=O) groups excluding carboxylic acids is 1. The van der Waals surface area contributed by atoms with Gasteiger partial charge in [0.25, 0.3) is 10.0 Å². The minimum Gasteiger partial charge on any atom is -0.295 e. The SMILES string of the molecule is O=C1C=CN(S(=O)(=O)c2ccccc2)C(c2ccccc2)C1. The number of nitrogens with zero attached hydrogens (tertiary/aromatic N) is 1. The fraction of sp³-hybridized carbons (Fsp3) is 0.118. The van der Waals surface area contributed by atoms with Gasteiger partial charge < -0.3 is 0 Å². The second-order valence-corrected chi connectivity index (χ2v) is 6.90. The molecule has 1 heterocycles. The van der Waals surface area contributed by atoms with E-state index in [0.29, 0.717) is 0 Å². The Morgan fingerprint density at radius 2 is 1.50 bits per heavy atom. The van der Waals surface area contributed by atoms with Gasteiger partial charge in [-0.1, -0.05) is 48.5 Å². The summed E-state index contributed by atoms with van der Waals surface area (Å²) in [6.07, 6.45) is 2.83. The summed E-state index contributed by atoms with van der Waals surface area (Å²) in [4.78, 5) is 12.0. The first-order valence-corrected chi connectivity index (χ1v) is 8.37. The van der Waals surface area contributed by atoms with E-state index in [1.807, 2.05) is 30.3 Å². The molecule has 0 saturated carbocycles. The van der Waals surface area contributed by atoms with Gasteiger partial charge in [0.2, 0.25) is 0 Å². The molecule has 0 fully saturated rings. The molecule has 4 nitrogen and oxygen atoms in total. The maximum absolute atomic E-state index is 12.8. The molecule has 2 aromatic carbocycles. The van der Waals surface area contributed by atoms with Crippen molar-refractivity contribution in [3.05, 3.63) is 78.5 Å². The van der Waals surface area contributed by atoms with Crippen molar-refractivity contribution in [1.82, 2.24) is 4.31 Å². The standard InChI is InChI=1S/C17H15NO3S/c19-15-11-12-18(17(13-15)14-7-3-1-4-8-14)22(20,21)16-9-5-2-6-10-16/h1-12,17H,13H2. The number of allylic oxidation sites excluding steroid dienone is 1. The van der Waals surface area contributed by atoms with Crippen molar-refractivity contribution in [1.29, 1.82) is 0 Å². The summed E-state index contributed by atoms with van der Waals surface area (Å²) < 4.78 is 27.0. The van der Waals surface area contributed by atoms with Crippen LogP contribution in [0.15, 0.2) is 77.8 Å². The maximum Gasteiger partial charge on any atom is 0.264 e. The first-order valence-electron chi connectivity index (χ1n) is 6.93. The van der Waals surface area contributed by atoms with Crippen molar-refractivity contribution in [2.75, 3.05) is 0 Å². The van der Waals surface area contributed by atoms with Crippen molar-refractivity contribution in [3.63, 3.8) is 0 Å². The molecule has 0 saturated heterocycles. The van der Waals surface area contributed by atoms with Gasteiger partial charge in [-0.25, -0.2) is 8.42 Å². The third-order valence-corrected chi connectivity index (χ3v) is 5.41. The first kappa shape index (κ1) is 14.5. The molecule has 1 atom stereocenters. The molecular formula is C17H15NO3S. The summed E-state index contributed by atoms with van der Waals surface area (Å²) in [5.74, 6) is -0.0756. The molecule has 5 heteroatoms. The highest BCUT2D eigenvalue weighted by Crippen LogP contribution is 2.33. The van der Waals surface area contributed by atoms with E-state index in [4.69, 9.17) is 0 Å². The molecule has 1 unspecified atom stereocenters. The van der Waals surface area contributed by atoms with Crippen LogP contribution in [0.4, 0.5) is 0 Å². The lowest BCUT2D eigenvalue weighted by Gasteiger charge is -2.32. The second-order valence-electron chi connectivity index (χ2n) is 5.06. The van der Waals surface area contributed by atoms with Crippen molar-refractivity contribution < 1.29 is 13.2 Å². The Labute approximate surface area is 129 Å². The van der Waals surface area contributed by atoms with Crippen LogP contribution in [-0.4, -0.2) is 18.5 Å². The Morgan fingerprint density at radius 3 is 2.14 bits per heavy atom. The van der Waals surface area contributed by atoms with Crippen LogP contribution in [0.25, 0.3) is 0 Å². The summed E-state index contributed by atoms with van der Waals surface area (Å²) in [5, 5.41) is 0. The monoisotopic (exact) mass is 313 g/mol. The summed E-state index contributed by atoms with van der Waals surface area (Å²) in [6, 6.07) is 17.0. The highest BCUT2D eigenvalue weighted by molar-refractivity contribution is 7.89. The van der Waals surface area contributed by atoms with Crippen LogP contribution in [-0.2, 0) is 14.8 Å². The largest absolute Gasteiger partial charge is 0.295 e. The predicted octanol–water partition coefficient (Wildman–Crippen LogP) is 2.91. The lowest BCUT2D eigenvalue weighted by atomic mass is 9.99. The van der Waals surface area contributed by atoms with Crippen LogP contribution < -0.4 is 0 Å². The molecule has 0 aromatic heterocycles. The second kappa shape index (κ2) is 5.77. The Balaban J connectivity index is 2.07. The Kier molecular flexibility index (Phi) is 3.81. The fourth-order valence-corrected chi connectivity index (χ4v) is 4.01. The first-order chi connectivity index (χ1) is 10.6. The van der Waals surface area contributed by atoms with Crippen molar-refractivity contribution >= 4 is 15.8 Å². The zero-order valence-corrected chi connectivity index (χ0v) is 12.6. The Morgan fingerprint density at radius 1 is 0.909 bits per heavy atom. The van der Waals surface area contributed by atoms with Crippen LogP contribution in [0.2, 0.25) is 0 Å². The number of hydrogen-bond donors (Lipinski definition) is 0. The molecule has 0 amide bonds. The van der Waals surface area contributed by atoms with Gasteiger partial charge in [0.05, 0.1) is 10.9 Å². The lowest BCUT2D eigenvalue weighted by Crippen LogP contribution is -2.34. The molecule has 22 heavy (non-hydrogen) atoms. The number of carbonyl (C=O) groups is 1. The Hall–Kier alpha value is -2.40. The van der Waals surface area contributed by atoms with E-state index in [1.165, 1.54) is 16.6 Å². The van der Waals surface area contributed by atoms with E-state index < -0.39 is 16.1 Å². The van der Waals surface area contributed by atoms with Crippen molar-refractivity contribution in [2.45, 2.75) is 17.4 Å². The van der Waals surface area contributed by atoms with Gasteiger partial charge in [-0.3, -0.25) is 9.10 Å². The minimum atomic E-state index is -3.69. The van der Waals surface area contributed by atoms with Crippen LogP contribution in [0, 0.1) is 0 Å². The molecule has 0 radical (unpaired) electrons.